The van der Waals surface area contributed by atoms with E-state index >= 15 is 0 Å². The summed E-state index contributed by atoms with van der Waals surface area (Å²) in [5, 5.41) is 12.4. The highest BCUT2D eigenvalue weighted by Gasteiger charge is 2.34. The molecule has 1 saturated heterocycles. The van der Waals surface area contributed by atoms with Crippen LogP contribution >= 0.6 is 11.3 Å². The van der Waals surface area contributed by atoms with Crippen LogP contribution in [0.15, 0.2) is 23.6 Å². The van der Waals surface area contributed by atoms with Crippen molar-refractivity contribution in [3.8, 4) is 0 Å². The maximum absolute atomic E-state index is 14.0. The van der Waals surface area contributed by atoms with E-state index in [9.17, 15) is 18.7 Å². The largest absolute Gasteiger partial charge is 0.391 e. The second-order valence-electron chi connectivity index (χ2n) is 6.24. The molecular formula is C18H19F2NO2S. The molecule has 2 atom stereocenters. The Kier molecular flexibility index (Phi) is 4.69. The smallest absolute Gasteiger partial charge is 0.257 e. The highest BCUT2D eigenvalue weighted by atomic mass is 32.1. The molecule has 3 rings (SSSR count). The molecule has 0 aliphatic carbocycles. The SMILES string of the molecule is Cc1ccsc1[C@@H]1CCN(C(=O)c2ccc(C)c(F)c2F)C[C@H]1O. The van der Waals surface area contributed by atoms with Crippen molar-refractivity contribution in [2.45, 2.75) is 32.3 Å². The van der Waals surface area contributed by atoms with Gasteiger partial charge in [-0.3, -0.25) is 4.79 Å². The number of halogens is 2. The van der Waals surface area contributed by atoms with Gasteiger partial charge in [0.2, 0.25) is 0 Å². The lowest BCUT2D eigenvalue weighted by Crippen LogP contribution is -2.46. The molecular weight excluding hydrogens is 332 g/mol. The van der Waals surface area contributed by atoms with E-state index in [1.807, 2.05) is 18.4 Å². The Hall–Kier alpha value is -1.79. The fourth-order valence-corrected chi connectivity index (χ4v) is 4.29. The first kappa shape index (κ1) is 17.0. The van der Waals surface area contributed by atoms with Crippen molar-refractivity contribution < 1.29 is 18.7 Å². The average Bonchev–Trinajstić information content (AvgIpc) is 2.98. The van der Waals surface area contributed by atoms with Gasteiger partial charge in [0.05, 0.1) is 11.7 Å². The Morgan fingerprint density at radius 1 is 1.21 bits per heavy atom. The van der Waals surface area contributed by atoms with Crippen LogP contribution in [0.1, 0.15) is 38.7 Å². The molecule has 1 fully saturated rings. The lowest BCUT2D eigenvalue weighted by Gasteiger charge is -2.36. The van der Waals surface area contributed by atoms with Crippen molar-refractivity contribution in [1.82, 2.24) is 4.90 Å². The predicted octanol–water partition coefficient (Wildman–Crippen LogP) is 3.63. The summed E-state index contributed by atoms with van der Waals surface area (Å²) in [5.41, 5.74) is 1.02. The summed E-state index contributed by atoms with van der Waals surface area (Å²) in [5.74, 6) is -2.71. The molecule has 3 nitrogen and oxygen atoms in total. The van der Waals surface area contributed by atoms with Crippen molar-refractivity contribution in [3.63, 3.8) is 0 Å². The van der Waals surface area contributed by atoms with E-state index in [1.165, 1.54) is 24.0 Å². The number of amides is 1. The summed E-state index contributed by atoms with van der Waals surface area (Å²) < 4.78 is 27.7. The Bertz CT molecular complexity index is 774. The monoisotopic (exact) mass is 351 g/mol. The van der Waals surface area contributed by atoms with Gasteiger partial charge in [-0.25, -0.2) is 8.78 Å². The Labute approximate surface area is 143 Å². The number of thiophene rings is 1. The van der Waals surface area contributed by atoms with Gasteiger partial charge in [0.15, 0.2) is 11.6 Å². The van der Waals surface area contributed by atoms with Gasteiger partial charge in [-0.05, 0) is 48.9 Å². The second-order valence-corrected chi connectivity index (χ2v) is 7.19. The molecule has 0 spiro atoms. The van der Waals surface area contributed by atoms with Crippen molar-refractivity contribution in [3.05, 3.63) is 56.8 Å². The summed E-state index contributed by atoms with van der Waals surface area (Å²) in [7, 11) is 0. The van der Waals surface area contributed by atoms with Crippen LogP contribution in [0.5, 0.6) is 0 Å². The zero-order valence-electron chi connectivity index (χ0n) is 13.6. The van der Waals surface area contributed by atoms with E-state index in [2.05, 4.69) is 0 Å². The van der Waals surface area contributed by atoms with E-state index in [-0.39, 0.29) is 23.6 Å². The number of rotatable bonds is 2. The molecule has 0 unspecified atom stereocenters. The van der Waals surface area contributed by atoms with Crippen LogP contribution in [0, 0.1) is 25.5 Å². The number of aliphatic hydroxyl groups is 1. The molecule has 0 bridgehead atoms. The van der Waals surface area contributed by atoms with Crippen LogP contribution in [-0.2, 0) is 0 Å². The number of piperidine rings is 1. The molecule has 0 radical (unpaired) electrons. The second kappa shape index (κ2) is 6.61. The maximum atomic E-state index is 14.0. The third-order valence-corrected chi connectivity index (χ3v) is 5.76. The van der Waals surface area contributed by atoms with E-state index in [0.29, 0.717) is 13.0 Å². The minimum Gasteiger partial charge on any atom is -0.391 e. The van der Waals surface area contributed by atoms with Gasteiger partial charge < -0.3 is 10.0 Å². The van der Waals surface area contributed by atoms with E-state index in [0.717, 1.165) is 10.4 Å². The Morgan fingerprint density at radius 2 is 1.96 bits per heavy atom. The number of carbonyl (C=O) groups excluding carboxylic acids is 1. The lowest BCUT2D eigenvalue weighted by atomic mass is 9.90. The molecule has 24 heavy (non-hydrogen) atoms. The fourth-order valence-electron chi connectivity index (χ4n) is 3.17. The van der Waals surface area contributed by atoms with E-state index < -0.39 is 23.6 Å². The molecule has 1 amide bonds. The minimum atomic E-state index is -1.12. The molecule has 0 saturated carbocycles. The zero-order chi connectivity index (χ0) is 17.4. The number of nitrogens with zero attached hydrogens (tertiary/aromatic N) is 1. The average molecular weight is 351 g/mol. The molecule has 6 heteroatoms. The first-order valence-electron chi connectivity index (χ1n) is 7.86. The molecule has 2 aromatic rings. The fraction of sp³-hybridized carbons (Fsp3) is 0.389. The van der Waals surface area contributed by atoms with Gasteiger partial charge in [0.1, 0.15) is 0 Å². The molecule has 1 aromatic carbocycles. The number of aliphatic hydroxyl groups excluding tert-OH is 1. The molecule has 128 valence electrons. The zero-order valence-corrected chi connectivity index (χ0v) is 14.4. The van der Waals surface area contributed by atoms with Crippen LogP contribution in [0.4, 0.5) is 8.78 Å². The summed E-state index contributed by atoms with van der Waals surface area (Å²) in [6.07, 6.45) is -0.108. The third-order valence-electron chi connectivity index (χ3n) is 4.61. The van der Waals surface area contributed by atoms with Crippen LogP contribution < -0.4 is 0 Å². The van der Waals surface area contributed by atoms with Gasteiger partial charge in [0, 0.05) is 23.9 Å². The van der Waals surface area contributed by atoms with Gasteiger partial charge in [-0.15, -0.1) is 11.3 Å². The first-order valence-corrected chi connectivity index (χ1v) is 8.74. The molecule has 1 N–H and O–H groups in total. The standard InChI is InChI=1S/C18H19F2NO2S/c1-10-3-4-13(16(20)15(10)19)18(23)21-7-5-12(14(22)9-21)17-11(2)6-8-24-17/h3-4,6,8,12,14,22H,5,7,9H2,1-2H3/t12-,14-/m1/s1. The first-order chi connectivity index (χ1) is 11.4. The number of hydrogen-bond donors (Lipinski definition) is 1. The van der Waals surface area contributed by atoms with Gasteiger partial charge in [-0.1, -0.05) is 6.07 Å². The van der Waals surface area contributed by atoms with Crippen LogP contribution in [0.25, 0.3) is 0 Å². The predicted molar refractivity (Wildman–Crippen MR) is 89.4 cm³/mol. The van der Waals surface area contributed by atoms with Crippen LogP contribution in [-0.4, -0.2) is 35.1 Å². The van der Waals surface area contributed by atoms with E-state index in [1.54, 1.807) is 11.3 Å². The molecule has 2 heterocycles. The Balaban J connectivity index is 1.77. The van der Waals surface area contributed by atoms with Gasteiger partial charge >= 0.3 is 0 Å². The summed E-state index contributed by atoms with van der Waals surface area (Å²) >= 11 is 1.60. The summed E-state index contributed by atoms with van der Waals surface area (Å²) in [6, 6.07) is 4.70. The number of hydrogen-bond acceptors (Lipinski definition) is 3. The Morgan fingerprint density at radius 3 is 2.58 bits per heavy atom. The van der Waals surface area contributed by atoms with Gasteiger partial charge in [0.25, 0.3) is 5.91 Å². The van der Waals surface area contributed by atoms with Crippen molar-refractivity contribution >= 4 is 17.2 Å². The van der Waals surface area contributed by atoms with Crippen LogP contribution in [0.2, 0.25) is 0 Å². The highest BCUT2D eigenvalue weighted by molar-refractivity contribution is 7.10. The van der Waals surface area contributed by atoms with Crippen molar-refractivity contribution in [2.24, 2.45) is 0 Å². The number of likely N-dealkylation sites (tertiary alicyclic amines) is 1. The summed E-state index contributed by atoms with van der Waals surface area (Å²) in [6.45, 7) is 3.98. The number of β-amino-alcohol motifs (C(OH)–C–C–N with tert-alkyl or cyclic N) is 1. The quantitative estimate of drug-likeness (QED) is 0.897. The molecule has 1 aliphatic rings. The maximum Gasteiger partial charge on any atom is 0.257 e. The molecule has 1 aromatic heterocycles. The number of aryl methyl sites for hydroxylation is 2. The number of benzene rings is 1. The van der Waals surface area contributed by atoms with Crippen molar-refractivity contribution in [2.75, 3.05) is 13.1 Å². The lowest BCUT2D eigenvalue weighted by molar-refractivity contribution is 0.0383. The summed E-state index contributed by atoms with van der Waals surface area (Å²) in [4.78, 5) is 15.0. The topological polar surface area (TPSA) is 40.5 Å². The normalized spacial score (nSPS) is 21.1. The van der Waals surface area contributed by atoms with E-state index in [4.69, 9.17) is 0 Å². The molecule has 1 aliphatic heterocycles. The van der Waals surface area contributed by atoms with Crippen molar-refractivity contribution in [1.29, 1.82) is 0 Å². The third kappa shape index (κ3) is 2.96. The number of carbonyl (C=O) groups is 1. The van der Waals surface area contributed by atoms with Crippen LogP contribution in [0.3, 0.4) is 0 Å². The minimum absolute atomic E-state index is 0.0198. The van der Waals surface area contributed by atoms with Gasteiger partial charge in [-0.2, -0.15) is 0 Å². The highest BCUT2D eigenvalue weighted by Crippen LogP contribution is 2.34.